The zero-order chi connectivity index (χ0) is 18.5. The van der Waals surface area contributed by atoms with E-state index in [0.717, 1.165) is 12.0 Å². The summed E-state index contributed by atoms with van der Waals surface area (Å²) in [5, 5.41) is 7.18. The number of carbonyl (C=O) groups excluding carboxylic acids is 1. The van der Waals surface area contributed by atoms with Gasteiger partial charge in [0.2, 0.25) is 5.91 Å². The number of benzene rings is 1. The second-order valence-electron chi connectivity index (χ2n) is 6.86. The average molecular weight is 358 g/mol. The summed E-state index contributed by atoms with van der Waals surface area (Å²) in [6.45, 7) is 2.20. The molecule has 1 aromatic carbocycles. The molecule has 1 N–H and O–H groups in total. The topological polar surface area (TPSA) is 73.6 Å². The van der Waals surface area contributed by atoms with Gasteiger partial charge in [-0.1, -0.05) is 24.9 Å². The highest BCUT2D eigenvalue weighted by Crippen LogP contribution is 2.32. The van der Waals surface area contributed by atoms with Gasteiger partial charge in [0.25, 0.3) is 0 Å². The number of hydrogen-bond donors (Lipinski definition) is 1. The lowest BCUT2D eigenvalue weighted by Crippen LogP contribution is -2.41. The van der Waals surface area contributed by atoms with Gasteiger partial charge in [-0.05, 0) is 37.0 Å². The van der Waals surface area contributed by atoms with Gasteiger partial charge in [-0.3, -0.25) is 4.79 Å². The summed E-state index contributed by atoms with van der Waals surface area (Å²) in [4.78, 5) is 12.3. The molecule has 1 amide bonds. The molecular weight excluding hydrogens is 332 g/mol. The van der Waals surface area contributed by atoms with Crippen LogP contribution in [0.15, 0.2) is 28.8 Å². The molecule has 0 saturated heterocycles. The molecule has 3 rings (SSSR count). The molecule has 1 fully saturated rings. The van der Waals surface area contributed by atoms with Gasteiger partial charge in [0, 0.05) is 17.7 Å². The first-order valence-corrected chi connectivity index (χ1v) is 9.08. The molecule has 1 saturated carbocycles. The van der Waals surface area contributed by atoms with Gasteiger partial charge in [0.15, 0.2) is 17.3 Å². The molecule has 0 bridgehead atoms. The minimum Gasteiger partial charge on any atom is -0.493 e. The second-order valence-corrected chi connectivity index (χ2v) is 6.86. The molecule has 6 nitrogen and oxygen atoms in total. The molecule has 140 valence electrons. The van der Waals surface area contributed by atoms with Crippen LogP contribution in [-0.2, 0) is 11.2 Å². The molecular formula is C20H26N2O4. The lowest BCUT2D eigenvalue weighted by atomic mass is 9.86. The number of rotatable bonds is 6. The number of carbonyl (C=O) groups is 1. The van der Waals surface area contributed by atoms with E-state index in [4.69, 9.17) is 14.0 Å². The first-order chi connectivity index (χ1) is 12.6. The van der Waals surface area contributed by atoms with Crippen LogP contribution in [-0.4, -0.2) is 31.3 Å². The van der Waals surface area contributed by atoms with E-state index in [1.165, 1.54) is 19.3 Å². The Kier molecular flexibility index (Phi) is 5.81. The largest absolute Gasteiger partial charge is 0.493 e. The van der Waals surface area contributed by atoms with Gasteiger partial charge < -0.3 is 19.3 Å². The summed E-state index contributed by atoms with van der Waals surface area (Å²) < 4.78 is 16.0. The van der Waals surface area contributed by atoms with E-state index < -0.39 is 0 Å². The maximum Gasteiger partial charge on any atom is 0.226 e. The van der Waals surface area contributed by atoms with E-state index in [1.54, 1.807) is 20.3 Å². The summed E-state index contributed by atoms with van der Waals surface area (Å²) in [5.74, 6) is 2.40. The third-order valence-electron chi connectivity index (χ3n) is 5.03. The molecule has 1 aliphatic carbocycles. The van der Waals surface area contributed by atoms with Crippen LogP contribution in [0.4, 0.5) is 0 Å². The highest BCUT2D eigenvalue weighted by atomic mass is 16.5. The fourth-order valence-corrected chi connectivity index (χ4v) is 3.47. The molecule has 26 heavy (non-hydrogen) atoms. The zero-order valence-corrected chi connectivity index (χ0v) is 15.6. The lowest BCUT2D eigenvalue weighted by molar-refractivity contribution is -0.121. The van der Waals surface area contributed by atoms with E-state index in [2.05, 4.69) is 17.4 Å². The summed E-state index contributed by atoms with van der Waals surface area (Å²) in [6.07, 6.45) is 4.90. The van der Waals surface area contributed by atoms with Gasteiger partial charge in [0.05, 0.1) is 26.3 Å². The molecule has 2 aromatic rings. The average Bonchev–Trinajstić information content (AvgIpc) is 3.11. The standard InChI is InChI=1S/C20H26N2O4/c1-13-6-4-5-7-16(13)21-20(23)12-15-11-18(26-22-15)14-8-9-17(24-2)19(10-14)25-3/h8-11,13,16H,4-7,12H2,1-3H3,(H,21,23). The predicted octanol–water partition coefficient (Wildman–Crippen LogP) is 3.60. The smallest absolute Gasteiger partial charge is 0.226 e. The predicted molar refractivity (Wildman–Crippen MR) is 98.3 cm³/mol. The maximum atomic E-state index is 12.3. The van der Waals surface area contributed by atoms with Gasteiger partial charge in [0.1, 0.15) is 0 Å². The molecule has 0 radical (unpaired) electrons. The normalized spacial score (nSPS) is 19.8. The van der Waals surface area contributed by atoms with E-state index in [0.29, 0.717) is 28.9 Å². The SMILES string of the molecule is COc1ccc(-c2cc(CC(=O)NC3CCCCC3C)no2)cc1OC. The van der Waals surface area contributed by atoms with Crippen molar-refractivity contribution >= 4 is 5.91 Å². The minimum atomic E-state index is -0.00379. The van der Waals surface area contributed by atoms with Crippen LogP contribution in [0.25, 0.3) is 11.3 Å². The zero-order valence-electron chi connectivity index (χ0n) is 15.6. The van der Waals surface area contributed by atoms with Crippen molar-refractivity contribution in [1.82, 2.24) is 10.5 Å². The maximum absolute atomic E-state index is 12.3. The molecule has 2 unspecified atom stereocenters. The number of methoxy groups -OCH3 is 2. The Morgan fingerprint density at radius 2 is 1.96 bits per heavy atom. The van der Waals surface area contributed by atoms with Gasteiger partial charge >= 0.3 is 0 Å². The van der Waals surface area contributed by atoms with E-state index >= 15 is 0 Å². The Morgan fingerprint density at radius 3 is 2.69 bits per heavy atom. The van der Waals surface area contributed by atoms with E-state index in [1.807, 2.05) is 18.2 Å². The van der Waals surface area contributed by atoms with Crippen LogP contribution < -0.4 is 14.8 Å². The quantitative estimate of drug-likeness (QED) is 0.854. The van der Waals surface area contributed by atoms with E-state index in [-0.39, 0.29) is 18.4 Å². The highest BCUT2D eigenvalue weighted by molar-refractivity contribution is 5.78. The van der Waals surface area contributed by atoms with Crippen LogP contribution in [0.5, 0.6) is 11.5 Å². The van der Waals surface area contributed by atoms with Crippen LogP contribution in [0, 0.1) is 5.92 Å². The summed E-state index contributed by atoms with van der Waals surface area (Å²) in [5.41, 5.74) is 1.44. The Bertz CT molecular complexity index is 756. The summed E-state index contributed by atoms with van der Waals surface area (Å²) in [7, 11) is 3.18. The molecule has 2 atom stereocenters. The summed E-state index contributed by atoms with van der Waals surface area (Å²) >= 11 is 0. The number of nitrogens with one attached hydrogen (secondary N) is 1. The van der Waals surface area contributed by atoms with E-state index in [9.17, 15) is 4.79 Å². The van der Waals surface area contributed by atoms with Crippen LogP contribution >= 0.6 is 0 Å². The lowest BCUT2D eigenvalue weighted by Gasteiger charge is -2.29. The van der Waals surface area contributed by atoms with Crippen LogP contribution in [0.2, 0.25) is 0 Å². The molecule has 0 spiro atoms. The second kappa shape index (κ2) is 8.25. The van der Waals surface area contributed by atoms with Crippen molar-refractivity contribution in [3.63, 3.8) is 0 Å². The third-order valence-corrected chi connectivity index (χ3v) is 5.03. The van der Waals surface area contributed by atoms with Crippen LogP contribution in [0.1, 0.15) is 38.3 Å². The van der Waals surface area contributed by atoms with Crippen molar-refractivity contribution in [2.24, 2.45) is 5.92 Å². The van der Waals surface area contributed by atoms with Gasteiger partial charge in [-0.15, -0.1) is 0 Å². The van der Waals surface area contributed by atoms with Crippen molar-refractivity contribution in [3.05, 3.63) is 30.0 Å². The number of aromatic nitrogens is 1. The number of hydrogen-bond acceptors (Lipinski definition) is 5. The Morgan fingerprint density at radius 1 is 1.19 bits per heavy atom. The fraction of sp³-hybridized carbons (Fsp3) is 0.500. The van der Waals surface area contributed by atoms with Crippen LogP contribution in [0.3, 0.4) is 0 Å². The van der Waals surface area contributed by atoms with Crippen molar-refractivity contribution in [2.75, 3.05) is 14.2 Å². The monoisotopic (exact) mass is 358 g/mol. The highest BCUT2D eigenvalue weighted by Gasteiger charge is 2.23. The van der Waals surface area contributed by atoms with Crippen molar-refractivity contribution in [1.29, 1.82) is 0 Å². The van der Waals surface area contributed by atoms with Crippen molar-refractivity contribution in [2.45, 2.75) is 45.1 Å². The molecule has 1 aliphatic rings. The fourth-order valence-electron chi connectivity index (χ4n) is 3.47. The minimum absolute atomic E-state index is 0.00379. The third kappa shape index (κ3) is 4.18. The van der Waals surface area contributed by atoms with Gasteiger partial charge in [-0.25, -0.2) is 0 Å². The number of nitrogens with zero attached hydrogens (tertiary/aromatic N) is 1. The van der Waals surface area contributed by atoms with Gasteiger partial charge in [-0.2, -0.15) is 0 Å². The Hall–Kier alpha value is -2.50. The molecule has 6 heteroatoms. The first-order valence-electron chi connectivity index (χ1n) is 9.08. The Labute approximate surface area is 153 Å². The van der Waals surface area contributed by atoms with Crippen molar-refractivity contribution < 1.29 is 18.8 Å². The number of ether oxygens (including phenoxy) is 2. The number of amides is 1. The summed E-state index contributed by atoms with van der Waals surface area (Å²) in [6, 6.07) is 7.58. The Balaban J connectivity index is 1.65. The van der Waals surface area contributed by atoms with Crippen molar-refractivity contribution in [3.8, 4) is 22.8 Å². The molecule has 1 heterocycles. The first kappa shape index (κ1) is 18.3. The molecule has 1 aromatic heterocycles. The molecule has 0 aliphatic heterocycles.